The van der Waals surface area contributed by atoms with Crippen molar-refractivity contribution in [1.82, 2.24) is 9.78 Å². The molecule has 2 unspecified atom stereocenters. The Morgan fingerprint density at radius 3 is 3.12 bits per heavy atom. The van der Waals surface area contributed by atoms with Crippen LogP contribution in [0.4, 0.5) is 0 Å². The molecule has 1 aromatic heterocycles. The van der Waals surface area contributed by atoms with E-state index in [0.717, 1.165) is 31.6 Å². The maximum atomic E-state index is 10.0. The van der Waals surface area contributed by atoms with Gasteiger partial charge in [0, 0.05) is 19.9 Å². The largest absolute Gasteiger partial charge is 0.387 e. The SMILES string of the molecule is Cn1nccc1C(O)CCC1CCCCO1. The minimum absolute atomic E-state index is 0.344. The van der Waals surface area contributed by atoms with E-state index in [0.29, 0.717) is 6.10 Å². The normalized spacial score (nSPS) is 23.2. The van der Waals surface area contributed by atoms with Crippen LogP contribution in [-0.2, 0) is 11.8 Å². The summed E-state index contributed by atoms with van der Waals surface area (Å²) >= 11 is 0. The highest BCUT2D eigenvalue weighted by Crippen LogP contribution is 2.23. The number of rotatable bonds is 4. The Kier molecular flexibility index (Phi) is 3.96. The van der Waals surface area contributed by atoms with Gasteiger partial charge in [0.05, 0.1) is 17.9 Å². The lowest BCUT2D eigenvalue weighted by Gasteiger charge is -2.23. The molecular formula is C12H20N2O2. The van der Waals surface area contributed by atoms with Gasteiger partial charge in [-0.25, -0.2) is 0 Å². The molecule has 1 aromatic rings. The predicted molar refractivity (Wildman–Crippen MR) is 61.0 cm³/mol. The van der Waals surface area contributed by atoms with Crippen molar-refractivity contribution in [2.75, 3.05) is 6.61 Å². The Morgan fingerprint density at radius 1 is 1.62 bits per heavy atom. The summed E-state index contributed by atoms with van der Waals surface area (Å²) < 4.78 is 7.37. The molecule has 90 valence electrons. The fourth-order valence-corrected chi connectivity index (χ4v) is 2.24. The lowest BCUT2D eigenvalue weighted by molar-refractivity contribution is 0.00160. The average molecular weight is 224 g/mol. The second kappa shape index (κ2) is 5.46. The van der Waals surface area contributed by atoms with Crippen LogP contribution in [0.5, 0.6) is 0 Å². The molecule has 2 heterocycles. The van der Waals surface area contributed by atoms with Crippen LogP contribution in [0.3, 0.4) is 0 Å². The Labute approximate surface area is 96.2 Å². The van der Waals surface area contributed by atoms with Gasteiger partial charge in [-0.3, -0.25) is 4.68 Å². The average Bonchev–Trinajstić information content (AvgIpc) is 2.74. The molecule has 16 heavy (non-hydrogen) atoms. The first-order chi connectivity index (χ1) is 7.77. The van der Waals surface area contributed by atoms with E-state index in [2.05, 4.69) is 5.10 Å². The first-order valence-corrected chi connectivity index (χ1v) is 6.05. The lowest BCUT2D eigenvalue weighted by atomic mass is 10.0. The Bertz CT molecular complexity index is 319. The van der Waals surface area contributed by atoms with Crippen LogP contribution in [0, 0.1) is 0 Å². The molecule has 1 saturated heterocycles. The fraction of sp³-hybridized carbons (Fsp3) is 0.750. The minimum Gasteiger partial charge on any atom is -0.387 e. The molecular weight excluding hydrogens is 204 g/mol. The van der Waals surface area contributed by atoms with Gasteiger partial charge in [-0.05, 0) is 38.2 Å². The highest BCUT2D eigenvalue weighted by atomic mass is 16.5. The number of aliphatic hydroxyl groups excluding tert-OH is 1. The number of ether oxygens (including phenoxy) is 1. The molecule has 1 fully saturated rings. The molecule has 1 aliphatic rings. The predicted octanol–water partition coefficient (Wildman–Crippen LogP) is 1.80. The summed E-state index contributed by atoms with van der Waals surface area (Å²) in [5.74, 6) is 0. The Balaban J connectivity index is 1.79. The molecule has 4 heteroatoms. The first kappa shape index (κ1) is 11.6. The molecule has 0 bridgehead atoms. The Morgan fingerprint density at radius 2 is 2.50 bits per heavy atom. The van der Waals surface area contributed by atoms with Crippen molar-refractivity contribution in [3.8, 4) is 0 Å². The summed E-state index contributed by atoms with van der Waals surface area (Å²) in [7, 11) is 1.86. The van der Waals surface area contributed by atoms with E-state index in [-0.39, 0.29) is 0 Å². The molecule has 1 N–H and O–H groups in total. The number of hydrogen-bond donors (Lipinski definition) is 1. The second-order valence-corrected chi connectivity index (χ2v) is 4.46. The molecule has 2 atom stereocenters. The van der Waals surface area contributed by atoms with Crippen LogP contribution in [0.2, 0.25) is 0 Å². The molecule has 0 aliphatic carbocycles. The van der Waals surface area contributed by atoms with E-state index >= 15 is 0 Å². The summed E-state index contributed by atoms with van der Waals surface area (Å²) in [6.45, 7) is 0.881. The zero-order valence-electron chi connectivity index (χ0n) is 9.80. The van der Waals surface area contributed by atoms with E-state index in [1.807, 2.05) is 13.1 Å². The van der Waals surface area contributed by atoms with Crippen LogP contribution in [-0.4, -0.2) is 27.6 Å². The van der Waals surface area contributed by atoms with Crippen LogP contribution >= 0.6 is 0 Å². The smallest absolute Gasteiger partial charge is 0.0957 e. The van der Waals surface area contributed by atoms with Crippen molar-refractivity contribution < 1.29 is 9.84 Å². The van der Waals surface area contributed by atoms with Gasteiger partial charge in [0.15, 0.2) is 0 Å². The monoisotopic (exact) mass is 224 g/mol. The Hall–Kier alpha value is -0.870. The summed E-state index contributed by atoms with van der Waals surface area (Å²) in [5.41, 5.74) is 0.885. The van der Waals surface area contributed by atoms with Gasteiger partial charge in [0.2, 0.25) is 0 Å². The number of aliphatic hydroxyl groups is 1. The van der Waals surface area contributed by atoms with Crippen molar-refractivity contribution in [1.29, 1.82) is 0 Å². The number of aromatic nitrogens is 2. The topological polar surface area (TPSA) is 47.3 Å². The third-order valence-corrected chi connectivity index (χ3v) is 3.24. The zero-order chi connectivity index (χ0) is 11.4. The van der Waals surface area contributed by atoms with Crippen LogP contribution in [0.1, 0.15) is 43.9 Å². The molecule has 0 saturated carbocycles. The van der Waals surface area contributed by atoms with Crippen molar-refractivity contribution in [2.45, 2.75) is 44.3 Å². The standard InChI is InChI=1S/C12H20N2O2/c1-14-11(7-8-13-14)12(15)6-5-10-4-2-3-9-16-10/h7-8,10,12,15H,2-6,9H2,1H3. The molecule has 1 aliphatic heterocycles. The van der Waals surface area contributed by atoms with E-state index < -0.39 is 6.10 Å². The van der Waals surface area contributed by atoms with E-state index in [1.165, 1.54) is 12.8 Å². The number of hydrogen-bond acceptors (Lipinski definition) is 3. The highest BCUT2D eigenvalue weighted by molar-refractivity contribution is 5.03. The molecule has 2 rings (SSSR count). The van der Waals surface area contributed by atoms with E-state index in [4.69, 9.17) is 4.74 Å². The van der Waals surface area contributed by atoms with Gasteiger partial charge in [-0.2, -0.15) is 5.10 Å². The molecule has 0 radical (unpaired) electrons. The van der Waals surface area contributed by atoms with Crippen LogP contribution in [0.25, 0.3) is 0 Å². The molecule has 0 spiro atoms. The highest BCUT2D eigenvalue weighted by Gasteiger charge is 2.17. The molecule has 4 nitrogen and oxygen atoms in total. The third kappa shape index (κ3) is 2.83. The first-order valence-electron chi connectivity index (χ1n) is 6.05. The molecule has 0 amide bonds. The molecule has 0 aromatic carbocycles. The van der Waals surface area contributed by atoms with Gasteiger partial charge < -0.3 is 9.84 Å². The summed E-state index contributed by atoms with van der Waals surface area (Å²) in [6, 6.07) is 1.87. The van der Waals surface area contributed by atoms with Gasteiger partial charge in [0.25, 0.3) is 0 Å². The van der Waals surface area contributed by atoms with Gasteiger partial charge in [-0.15, -0.1) is 0 Å². The van der Waals surface area contributed by atoms with Crippen LogP contribution < -0.4 is 0 Å². The van der Waals surface area contributed by atoms with Crippen molar-refractivity contribution in [3.05, 3.63) is 18.0 Å². The second-order valence-electron chi connectivity index (χ2n) is 4.46. The van der Waals surface area contributed by atoms with E-state index in [1.54, 1.807) is 10.9 Å². The van der Waals surface area contributed by atoms with Crippen molar-refractivity contribution in [3.63, 3.8) is 0 Å². The quantitative estimate of drug-likeness (QED) is 0.848. The van der Waals surface area contributed by atoms with Crippen molar-refractivity contribution in [2.24, 2.45) is 7.05 Å². The minimum atomic E-state index is -0.418. The summed E-state index contributed by atoms with van der Waals surface area (Å²) in [5, 5.41) is 14.1. The fourth-order valence-electron chi connectivity index (χ4n) is 2.24. The number of nitrogens with zero attached hydrogens (tertiary/aromatic N) is 2. The van der Waals surface area contributed by atoms with E-state index in [9.17, 15) is 5.11 Å². The van der Waals surface area contributed by atoms with Crippen LogP contribution in [0.15, 0.2) is 12.3 Å². The van der Waals surface area contributed by atoms with Crippen molar-refractivity contribution >= 4 is 0 Å². The summed E-state index contributed by atoms with van der Waals surface area (Å²) in [4.78, 5) is 0. The maximum Gasteiger partial charge on any atom is 0.0957 e. The zero-order valence-corrected chi connectivity index (χ0v) is 9.80. The third-order valence-electron chi connectivity index (χ3n) is 3.24. The maximum absolute atomic E-state index is 10.0. The summed E-state index contributed by atoms with van der Waals surface area (Å²) in [6.07, 6.45) is 6.91. The van der Waals surface area contributed by atoms with Gasteiger partial charge >= 0.3 is 0 Å². The lowest BCUT2D eigenvalue weighted by Crippen LogP contribution is -2.20. The number of aryl methyl sites for hydroxylation is 1. The van der Waals surface area contributed by atoms with Gasteiger partial charge in [-0.1, -0.05) is 0 Å². The van der Waals surface area contributed by atoms with Gasteiger partial charge in [0.1, 0.15) is 0 Å².